The Bertz CT molecular complexity index is 649. The van der Waals surface area contributed by atoms with Gasteiger partial charge in [0.25, 0.3) is 5.78 Å². The molecule has 6 nitrogen and oxygen atoms in total. The van der Waals surface area contributed by atoms with E-state index in [2.05, 4.69) is 26.5 Å². The number of hydrogen-bond acceptors (Lipinski definition) is 5. The van der Waals surface area contributed by atoms with Crippen molar-refractivity contribution in [2.45, 2.75) is 45.1 Å². The van der Waals surface area contributed by atoms with Crippen LogP contribution in [0.1, 0.15) is 44.2 Å². The lowest BCUT2D eigenvalue weighted by molar-refractivity contribution is 0.181. The van der Waals surface area contributed by atoms with Crippen molar-refractivity contribution >= 4 is 11.6 Å². The molecule has 0 saturated carbocycles. The number of methoxy groups -OCH3 is 1. The number of allylic oxidation sites excluding steroid dienone is 1. The smallest absolute Gasteiger partial charge is 0.254 e. The number of nitrogens with one attached hydrogen (secondary N) is 1. The van der Waals surface area contributed by atoms with Crippen LogP contribution in [0.4, 0.5) is 5.82 Å². The first-order chi connectivity index (χ1) is 10.9. The molecule has 0 unspecified atom stereocenters. The van der Waals surface area contributed by atoms with Crippen LogP contribution in [0, 0.1) is 0 Å². The maximum absolute atomic E-state index is 5.17. The summed E-state index contributed by atoms with van der Waals surface area (Å²) in [5.74, 6) is 1.52. The number of hydrogen-bond donors (Lipinski definition) is 1. The highest BCUT2D eigenvalue weighted by atomic mass is 16.5. The Labute approximate surface area is 130 Å². The number of ether oxygens (including phenoxy) is 1. The van der Waals surface area contributed by atoms with E-state index in [4.69, 9.17) is 4.74 Å². The van der Waals surface area contributed by atoms with Gasteiger partial charge in [0.15, 0.2) is 0 Å². The van der Waals surface area contributed by atoms with Crippen molar-refractivity contribution in [2.75, 3.05) is 19.0 Å². The molecule has 0 amide bonds. The Morgan fingerprint density at radius 1 is 1.32 bits per heavy atom. The van der Waals surface area contributed by atoms with Crippen LogP contribution in [0.2, 0.25) is 0 Å². The molecule has 1 N–H and O–H groups in total. The normalized spacial score (nSPS) is 15.6. The third-order valence-electron chi connectivity index (χ3n) is 3.98. The number of anilines is 1. The fourth-order valence-electron chi connectivity index (χ4n) is 2.87. The third kappa shape index (κ3) is 3.62. The fraction of sp³-hybridized carbons (Fsp3) is 0.562. The maximum atomic E-state index is 5.17. The summed E-state index contributed by atoms with van der Waals surface area (Å²) >= 11 is 0. The molecule has 0 atom stereocenters. The van der Waals surface area contributed by atoms with Crippen LogP contribution in [0.15, 0.2) is 24.0 Å². The zero-order valence-corrected chi connectivity index (χ0v) is 13.1. The summed E-state index contributed by atoms with van der Waals surface area (Å²) in [6.45, 7) is 1.38. The largest absolute Gasteiger partial charge is 0.378 e. The summed E-state index contributed by atoms with van der Waals surface area (Å²) in [4.78, 5) is 8.58. The van der Waals surface area contributed by atoms with Crippen molar-refractivity contribution < 1.29 is 4.74 Å². The van der Waals surface area contributed by atoms with Crippen molar-refractivity contribution in [3.8, 4) is 0 Å². The van der Waals surface area contributed by atoms with E-state index in [1.165, 1.54) is 38.4 Å². The van der Waals surface area contributed by atoms with Crippen molar-refractivity contribution in [3.05, 3.63) is 29.7 Å². The monoisotopic (exact) mass is 301 g/mol. The topological polar surface area (TPSA) is 64.3 Å². The van der Waals surface area contributed by atoms with Crippen molar-refractivity contribution in [3.63, 3.8) is 0 Å². The van der Waals surface area contributed by atoms with Gasteiger partial charge in [-0.15, -0.1) is 0 Å². The van der Waals surface area contributed by atoms with Gasteiger partial charge in [-0.3, -0.25) is 0 Å². The molecule has 0 saturated heterocycles. The summed E-state index contributed by atoms with van der Waals surface area (Å²) in [6.07, 6.45) is 11.5. The first-order valence-electron chi connectivity index (χ1n) is 7.97. The Kier molecular flexibility index (Phi) is 5.00. The summed E-state index contributed by atoms with van der Waals surface area (Å²) in [5, 5.41) is 7.69. The number of fused-ring (bicyclic) bond motifs is 1. The van der Waals surface area contributed by atoms with E-state index in [1.54, 1.807) is 17.2 Å². The van der Waals surface area contributed by atoms with Crippen molar-refractivity contribution in [1.29, 1.82) is 0 Å². The van der Waals surface area contributed by atoms with E-state index in [0.29, 0.717) is 12.4 Å². The molecule has 2 aromatic rings. The molecule has 1 aliphatic rings. The van der Waals surface area contributed by atoms with E-state index in [-0.39, 0.29) is 0 Å². The fourth-order valence-corrected chi connectivity index (χ4v) is 2.87. The first-order valence-corrected chi connectivity index (χ1v) is 7.97. The molecule has 1 aliphatic carbocycles. The summed E-state index contributed by atoms with van der Waals surface area (Å²) < 4.78 is 6.90. The molecule has 3 rings (SSSR count). The molecular weight excluding hydrogens is 278 g/mol. The van der Waals surface area contributed by atoms with Gasteiger partial charge in [-0.05, 0) is 32.1 Å². The first kappa shape index (κ1) is 15.0. The van der Waals surface area contributed by atoms with Gasteiger partial charge in [-0.1, -0.05) is 18.1 Å². The summed E-state index contributed by atoms with van der Waals surface area (Å²) in [5.41, 5.74) is 2.44. The van der Waals surface area contributed by atoms with Crippen molar-refractivity contribution in [2.24, 2.45) is 0 Å². The number of rotatable bonds is 6. The van der Waals surface area contributed by atoms with E-state index < -0.39 is 0 Å². The SMILES string of the molecule is COCc1cc(NCCC2=CCCCCC2)n2ncnc2n1. The zero-order valence-electron chi connectivity index (χ0n) is 13.1. The molecule has 0 fully saturated rings. The predicted octanol–water partition coefficient (Wildman–Crippen LogP) is 2.96. The Morgan fingerprint density at radius 3 is 3.18 bits per heavy atom. The van der Waals surface area contributed by atoms with Crippen LogP contribution in [0.5, 0.6) is 0 Å². The van der Waals surface area contributed by atoms with Gasteiger partial charge in [0.1, 0.15) is 12.1 Å². The maximum Gasteiger partial charge on any atom is 0.254 e. The van der Waals surface area contributed by atoms with E-state index >= 15 is 0 Å². The van der Waals surface area contributed by atoms with Gasteiger partial charge in [-0.25, -0.2) is 4.98 Å². The van der Waals surface area contributed by atoms with Crippen LogP contribution >= 0.6 is 0 Å². The minimum atomic E-state index is 0.475. The third-order valence-corrected chi connectivity index (χ3v) is 3.98. The molecule has 0 aromatic carbocycles. The quantitative estimate of drug-likeness (QED) is 0.831. The van der Waals surface area contributed by atoms with Gasteiger partial charge in [0, 0.05) is 19.7 Å². The second-order valence-corrected chi connectivity index (χ2v) is 5.68. The Balaban J connectivity index is 1.67. The molecule has 0 radical (unpaired) electrons. The zero-order chi connectivity index (χ0) is 15.2. The Morgan fingerprint density at radius 2 is 2.27 bits per heavy atom. The lowest BCUT2D eigenvalue weighted by Gasteiger charge is -2.11. The average Bonchev–Trinajstić information content (AvgIpc) is 2.84. The second-order valence-electron chi connectivity index (χ2n) is 5.68. The minimum Gasteiger partial charge on any atom is -0.378 e. The molecule has 0 spiro atoms. The average molecular weight is 301 g/mol. The van der Waals surface area contributed by atoms with Gasteiger partial charge >= 0.3 is 0 Å². The van der Waals surface area contributed by atoms with E-state index in [0.717, 1.165) is 24.5 Å². The highest BCUT2D eigenvalue weighted by Crippen LogP contribution is 2.20. The van der Waals surface area contributed by atoms with Gasteiger partial charge < -0.3 is 10.1 Å². The van der Waals surface area contributed by atoms with Gasteiger partial charge in [0.05, 0.1) is 12.3 Å². The summed E-state index contributed by atoms with van der Waals surface area (Å²) in [7, 11) is 1.67. The molecular formula is C16H23N5O. The van der Waals surface area contributed by atoms with Crippen LogP contribution in [0.25, 0.3) is 5.78 Å². The van der Waals surface area contributed by atoms with Crippen LogP contribution in [-0.2, 0) is 11.3 Å². The van der Waals surface area contributed by atoms with Gasteiger partial charge in [-0.2, -0.15) is 14.6 Å². The molecule has 22 heavy (non-hydrogen) atoms. The molecule has 0 bridgehead atoms. The Hall–Kier alpha value is -1.95. The molecule has 2 aromatic heterocycles. The van der Waals surface area contributed by atoms with Crippen LogP contribution in [0.3, 0.4) is 0 Å². The molecule has 118 valence electrons. The van der Waals surface area contributed by atoms with Gasteiger partial charge in [0.2, 0.25) is 0 Å². The molecule has 2 heterocycles. The minimum absolute atomic E-state index is 0.475. The highest BCUT2D eigenvalue weighted by molar-refractivity contribution is 5.44. The van der Waals surface area contributed by atoms with E-state index in [9.17, 15) is 0 Å². The lowest BCUT2D eigenvalue weighted by atomic mass is 10.1. The lowest BCUT2D eigenvalue weighted by Crippen LogP contribution is -2.10. The second kappa shape index (κ2) is 7.35. The molecule has 6 heteroatoms. The predicted molar refractivity (Wildman–Crippen MR) is 85.8 cm³/mol. The van der Waals surface area contributed by atoms with Crippen molar-refractivity contribution in [1.82, 2.24) is 19.6 Å². The van der Waals surface area contributed by atoms with Crippen LogP contribution in [-0.4, -0.2) is 33.2 Å². The summed E-state index contributed by atoms with van der Waals surface area (Å²) in [6, 6.07) is 1.98. The molecule has 0 aliphatic heterocycles. The number of nitrogens with zero attached hydrogens (tertiary/aromatic N) is 4. The van der Waals surface area contributed by atoms with E-state index in [1.807, 2.05) is 6.07 Å². The standard InChI is InChI=1S/C16H23N5O/c1-22-11-14-10-15(21-16(20-14)18-12-19-21)17-9-8-13-6-4-2-3-5-7-13/h6,10,12,17H,2-5,7-9,11H2,1H3. The number of aromatic nitrogens is 4. The van der Waals surface area contributed by atoms with Crippen LogP contribution < -0.4 is 5.32 Å². The highest BCUT2D eigenvalue weighted by Gasteiger charge is 2.08.